The van der Waals surface area contributed by atoms with Gasteiger partial charge in [-0.15, -0.1) is 0 Å². The van der Waals surface area contributed by atoms with E-state index in [-0.39, 0.29) is 0 Å². The Morgan fingerprint density at radius 1 is 1.50 bits per heavy atom. The first-order chi connectivity index (χ1) is 5.65. The molecule has 0 fully saturated rings. The van der Waals surface area contributed by atoms with E-state index >= 15 is 0 Å². The maximum absolute atomic E-state index is 12.3. The summed E-state index contributed by atoms with van der Waals surface area (Å²) in [6.45, 7) is 0. The zero-order chi connectivity index (χ0) is 9.14. The van der Waals surface area contributed by atoms with Gasteiger partial charge in [0.15, 0.2) is 0 Å². The number of nitrogens with zero attached hydrogens (tertiary/aromatic N) is 2. The first kappa shape index (κ1) is 8.53. The molecule has 0 unspecified atom stereocenters. The molecule has 1 aromatic heterocycles. The Bertz CT molecular complexity index is 330. The zero-order valence-corrected chi connectivity index (χ0v) is 5.76. The van der Waals surface area contributed by atoms with Gasteiger partial charge < -0.3 is 0 Å². The van der Waals surface area contributed by atoms with Gasteiger partial charge in [0.1, 0.15) is 17.6 Å². The Balaban J connectivity index is 3.24. The molecule has 0 amide bonds. The lowest BCUT2D eigenvalue weighted by Gasteiger charge is -1.99. The molecule has 5 heteroatoms. The van der Waals surface area contributed by atoms with Gasteiger partial charge in [-0.1, -0.05) is 0 Å². The average molecular weight is 172 g/mol. The zero-order valence-electron chi connectivity index (χ0n) is 5.76. The lowest BCUT2D eigenvalue weighted by Crippen LogP contribution is -1.95. The van der Waals surface area contributed by atoms with Crippen molar-refractivity contribution in [2.75, 3.05) is 0 Å². The van der Waals surface area contributed by atoms with E-state index in [0.29, 0.717) is 6.07 Å². The molecule has 0 spiro atoms. The first-order valence-corrected chi connectivity index (χ1v) is 2.99. The molecule has 0 N–H and O–H groups in total. The Morgan fingerprint density at radius 3 is 2.67 bits per heavy atom. The SMILES string of the molecule is N#Cc1ncc(F)cc1C(F)F. The number of hydrogen-bond donors (Lipinski definition) is 0. The highest BCUT2D eigenvalue weighted by Gasteiger charge is 2.14. The first-order valence-electron chi connectivity index (χ1n) is 2.99. The number of aromatic nitrogens is 1. The molecule has 0 radical (unpaired) electrons. The molecule has 0 aliphatic carbocycles. The van der Waals surface area contributed by atoms with Gasteiger partial charge in [0.25, 0.3) is 6.43 Å². The van der Waals surface area contributed by atoms with Crippen LogP contribution in [0.3, 0.4) is 0 Å². The van der Waals surface area contributed by atoms with Crippen LogP contribution in [0, 0.1) is 17.1 Å². The highest BCUT2D eigenvalue weighted by atomic mass is 19.3. The van der Waals surface area contributed by atoms with Crippen LogP contribution < -0.4 is 0 Å². The Hall–Kier alpha value is -1.57. The summed E-state index contributed by atoms with van der Waals surface area (Å²) in [7, 11) is 0. The normalized spacial score (nSPS) is 9.92. The van der Waals surface area contributed by atoms with Gasteiger partial charge in [-0.3, -0.25) is 0 Å². The van der Waals surface area contributed by atoms with Crippen molar-refractivity contribution in [3.8, 4) is 6.07 Å². The van der Waals surface area contributed by atoms with E-state index in [2.05, 4.69) is 4.98 Å². The van der Waals surface area contributed by atoms with Gasteiger partial charge in [-0.2, -0.15) is 5.26 Å². The Morgan fingerprint density at radius 2 is 2.17 bits per heavy atom. The van der Waals surface area contributed by atoms with Crippen molar-refractivity contribution in [1.29, 1.82) is 5.26 Å². The molecule has 0 aliphatic rings. The second kappa shape index (κ2) is 3.22. The molecule has 0 saturated carbocycles. The summed E-state index contributed by atoms with van der Waals surface area (Å²) >= 11 is 0. The smallest absolute Gasteiger partial charge is 0.242 e. The fourth-order valence-corrected chi connectivity index (χ4v) is 0.715. The second-order valence-electron chi connectivity index (χ2n) is 2.00. The molecule has 1 heterocycles. The van der Waals surface area contributed by atoms with Gasteiger partial charge >= 0.3 is 0 Å². The number of pyridine rings is 1. The molecule has 0 bridgehead atoms. The van der Waals surface area contributed by atoms with Crippen LogP contribution in [0.5, 0.6) is 0 Å². The van der Waals surface area contributed by atoms with E-state index < -0.39 is 23.5 Å². The standard InChI is InChI=1S/C7H3F3N2/c8-4-1-5(7(9)10)6(2-11)12-3-4/h1,3,7H. The number of halogens is 3. The largest absolute Gasteiger partial charge is 0.266 e. The lowest BCUT2D eigenvalue weighted by molar-refractivity contribution is 0.150. The van der Waals surface area contributed by atoms with E-state index in [1.807, 2.05) is 0 Å². The van der Waals surface area contributed by atoms with Gasteiger partial charge in [-0.05, 0) is 6.07 Å². The van der Waals surface area contributed by atoms with Crippen LogP contribution >= 0.6 is 0 Å². The third-order valence-corrected chi connectivity index (χ3v) is 1.22. The monoisotopic (exact) mass is 172 g/mol. The van der Waals surface area contributed by atoms with Crippen LogP contribution in [0.1, 0.15) is 17.7 Å². The third-order valence-electron chi connectivity index (χ3n) is 1.22. The van der Waals surface area contributed by atoms with Crippen molar-refractivity contribution in [2.24, 2.45) is 0 Å². The van der Waals surface area contributed by atoms with E-state index in [1.54, 1.807) is 0 Å². The molecule has 0 saturated heterocycles. The molecule has 0 aromatic carbocycles. The van der Waals surface area contributed by atoms with Crippen molar-refractivity contribution in [1.82, 2.24) is 4.98 Å². The van der Waals surface area contributed by atoms with E-state index in [0.717, 1.165) is 6.20 Å². The van der Waals surface area contributed by atoms with Crippen molar-refractivity contribution >= 4 is 0 Å². The number of hydrogen-bond acceptors (Lipinski definition) is 2. The Kier molecular flexibility index (Phi) is 2.29. The molecule has 1 rings (SSSR count). The Labute approximate surface area is 66.3 Å². The molecule has 62 valence electrons. The minimum absolute atomic E-state index is 0.439. The minimum atomic E-state index is -2.87. The highest BCUT2D eigenvalue weighted by molar-refractivity contribution is 5.31. The summed E-state index contributed by atoms with van der Waals surface area (Å²) in [6.07, 6.45) is -2.15. The number of rotatable bonds is 1. The quantitative estimate of drug-likeness (QED) is 0.649. The molecular weight excluding hydrogens is 169 g/mol. The summed E-state index contributed by atoms with van der Waals surface area (Å²) < 4.78 is 36.4. The van der Waals surface area contributed by atoms with E-state index in [1.165, 1.54) is 6.07 Å². The summed E-state index contributed by atoms with van der Waals surface area (Å²) in [5, 5.41) is 8.29. The maximum atomic E-state index is 12.3. The summed E-state index contributed by atoms with van der Waals surface area (Å²) in [5.74, 6) is -0.871. The summed E-state index contributed by atoms with van der Waals surface area (Å²) in [6, 6.07) is 2.05. The average Bonchev–Trinajstić information content (AvgIpc) is 2.04. The molecule has 12 heavy (non-hydrogen) atoms. The number of nitriles is 1. The van der Waals surface area contributed by atoms with Crippen molar-refractivity contribution in [3.63, 3.8) is 0 Å². The fraction of sp³-hybridized carbons (Fsp3) is 0.143. The van der Waals surface area contributed by atoms with Gasteiger partial charge in [-0.25, -0.2) is 18.2 Å². The summed E-state index contributed by atoms with van der Waals surface area (Å²) in [5.41, 5.74) is -1.11. The second-order valence-corrected chi connectivity index (χ2v) is 2.00. The van der Waals surface area contributed by atoms with Crippen molar-refractivity contribution in [3.05, 3.63) is 29.3 Å². The van der Waals surface area contributed by atoms with Crippen LogP contribution in [0.15, 0.2) is 12.3 Å². The maximum Gasteiger partial charge on any atom is 0.266 e. The molecule has 2 nitrogen and oxygen atoms in total. The number of alkyl halides is 2. The lowest BCUT2D eigenvalue weighted by atomic mass is 10.2. The predicted molar refractivity (Wildman–Crippen MR) is 33.9 cm³/mol. The molecular formula is C7H3F3N2. The molecule has 0 atom stereocenters. The van der Waals surface area contributed by atoms with E-state index in [9.17, 15) is 13.2 Å². The van der Waals surface area contributed by atoms with Gasteiger partial charge in [0, 0.05) is 0 Å². The van der Waals surface area contributed by atoms with E-state index in [4.69, 9.17) is 5.26 Å². The van der Waals surface area contributed by atoms with Crippen molar-refractivity contribution < 1.29 is 13.2 Å². The minimum Gasteiger partial charge on any atom is -0.242 e. The van der Waals surface area contributed by atoms with Gasteiger partial charge in [0.05, 0.1) is 11.8 Å². The van der Waals surface area contributed by atoms with Crippen LogP contribution in [0.2, 0.25) is 0 Å². The topological polar surface area (TPSA) is 36.7 Å². The van der Waals surface area contributed by atoms with Crippen LogP contribution in [-0.4, -0.2) is 4.98 Å². The van der Waals surface area contributed by atoms with Crippen LogP contribution in [-0.2, 0) is 0 Å². The molecule has 0 aliphatic heterocycles. The predicted octanol–water partition coefficient (Wildman–Crippen LogP) is 2.03. The third kappa shape index (κ3) is 1.53. The highest BCUT2D eigenvalue weighted by Crippen LogP contribution is 2.21. The van der Waals surface area contributed by atoms with Crippen LogP contribution in [0.4, 0.5) is 13.2 Å². The van der Waals surface area contributed by atoms with Crippen molar-refractivity contribution in [2.45, 2.75) is 6.43 Å². The van der Waals surface area contributed by atoms with Gasteiger partial charge in [0.2, 0.25) is 0 Å². The molecule has 1 aromatic rings. The van der Waals surface area contributed by atoms with Crippen LogP contribution in [0.25, 0.3) is 0 Å². The fourth-order valence-electron chi connectivity index (χ4n) is 0.715. The summed E-state index contributed by atoms with van der Waals surface area (Å²) in [4.78, 5) is 3.20.